The maximum atomic E-state index is 11.4. The molecule has 0 spiro atoms. The van der Waals surface area contributed by atoms with Gasteiger partial charge >= 0.3 is 0 Å². The zero-order valence-corrected chi connectivity index (χ0v) is 10.8. The number of benzene rings is 2. The Hall–Kier alpha value is -2.13. The summed E-state index contributed by atoms with van der Waals surface area (Å²) in [6, 6.07) is 13.9. The minimum absolute atomic E-state index is 0.0524. The Morgan fingerprint density at radius 1 is 1.21 bits per heavy atom. The summed E-state index contributed by atoms with van der Waals surface area (Å²) in [6.07, 6.45) is 0.448. The van der Waals surface area contributed by atoms with Crippen LogP contribution in [0.25, 0.3) is 0 Å². The van der Waals surface area contributed by atoms with E-state index in [0.29, 0.717) is 6.42 Å². The van der Waals surface area contributed by atoms with Gasteiger partial charge in [-0.3, -0.25) is 4.79 Å². The van der Waals surface area contributed by atoms with Gasteiger partial charge in [0.15, 0.2) is 0 Å². The molecule has 1 aliphatic rings. The van der Waals surface area contributed by atoms with Crippen molar-refractivity contribution < 1.29 is 4.79 Å². The first kappa shape index (κ1) is 11.9. The minimum atomic E-state index is -0.151. The quantitative estimate of drug-likeness (QED) is 0.863. The monoisotopic (exact) mass is 252 g/mol. The molecule has 1 aliphatic heterocycles. The third-order valence-electron chi connectivity index (χ3n) is 3.64. The molecule has 2 aromatic carbocycles. The molecule has 1 heterocycles. The molecule has 0 saturated carbocycles. The van der Waals surface area contributed by atoms with Gasteiger partial charge in [-0.05, 0) is 35.2 Å². The number of carbonyl (C=O) groups excluding carboxylic acids is 1. The molecule has 0 bridgehead atoms. The highest BCUT2D eigenvalue weighted by Crippen LogP contribution is 2.29. The summed E-state index contributed by atoms with van der Waals surface area (Å²) < 4.78 is 0. The van der Waals surface area contributed by atoms with Crippen LogP contribution < -0.4 is 11.1 Å². The number of carbonyl (C=O) groups is 1. The van der Waals surface area contributed by atoms with Crippen LogP contribution in [0.15, 0.2) is 42.5 Å². The summed E-state index contributed by atoms with van der Waals surface area (Å²) in [7, 11) is 0. The van der Waals surface area contributed by atoms with Crippen LogP contribution >= 0.6 is 0 Å². The van der Waals surface area contributed by atoms with Crippen LogP contribution in [-0.2, 0) is 11.2 Å². The highest BCUT2D eigenvalue weighted by molar-refractivity contribution is 5.99. The van der Waals surface area contributed by atoms with Gasteiger partial charge in [-0.2, -0.15) is 0 Å². The van der Waals surface area contributed by atoms with Gasteiger partial charge in [-0.25, -0.2) is 0 Å². The summed E-state index contributed by atoms with van der Waals surface area (Å²) in [6.45, 7) is 2.06. The fraction of sp³-hybridized carbons (Fsp3) is 0.188. The first-order valence-electron chi connectivity index (χ1n) is 6.39. The first-order chi connectivity index (χ1) is 9.15. The van der Waals surface area contributed by atoms with E-state index in [4.69, 9.17) is 5.73 Å². The van der Waals surface area contributed by atoms with Gasteiger partial charge in [0.2, 0.25) is 5.91 Å². The lowest BCUT2D eigenvalue weighted by molar-refractivity contribution is -0.115. The molecule has 3 rings (SSSR count). The Labute approximate surface area is 112 Å². The Bertz CT molecular complexity index is 649. The molecule has 3 heteroatoms. The maximum Gasteiger partial charge on any atom is 0.228 e. The lowest BCUT2D eigenvalue weighted by Crippen LogP contribution is -2.13. The van der Waals surface area contributed by atoms with Gasteiger partial charge in [0.05, 0.1) is 12.5 Å². The molecule has 0 aliphatic carbocycles. The van der Waals surface area contributed by atoms with Crippen LogP contribution in [-0.4, -0.2) is 5.91 Å². The molecule has 2 aromatic rings. The van der Waals surface area contributed by atoms with Crippen molar-refractivity contribution in [1.82, 2.24) is 0 Å². The SMILES string of the molecule is Cc1ccccc1C(N)c1ccc2c(c1)CC(=O)N2. The third-order valence-corrected chi connectivity index (χ3v) is 3.64. The van der Waals surface area contributed by atoms with Gasteiger partial charge < -0.3 is 11.1 Å². The van der Waals surface area contributed by atoms with E-state index < -0.39 is 0 Å². The lowest BCUT2D eigenvalue weighted by atomic mass is 9.94. The van der Waals surface area contributed by atoms with E-state index in [1.807, 2.05) is 30.3 Å². The molecular formula is C16H16N2O. The lowest BCUT2D eigenvalue weighted by Gasteiger charge is -2.16. The van der Waals surface area contributed by atoms with Crippen LogP contribution in [0.1, 0.15) is 28.3 Å². The van der Waals surface area contributed by atoms with Crippen LogP contribution in [0.4, 0.5) is 5.69 Å². The number of aryl methyl sites for hydroxylation is 1. The standard InChI is InChI=1S/C16H16N2O/c1-10-4-2-3-5-13(10)16(17)11-6-7-14-12(8-11)9-15(19)18-14/h2-8,16H,9,17H2,1H3,(H,18,19). The maximum absolute atomic E-state index is 11.4. The molecule has 0 radical (unpaired) electrons. The number of nitrogens with two attached hydrogens (primary N) is 1. The molecule has 0 saturated heterocycles. The molecule has 1 atom stereocenters. The largest absolute Gasteiger partial charge is 0.326 e. The third kappa shape index (κ3) is 2.13. The minimum Gasteiger partial charge on any atom is -0.326 e. The summed E-state index contributed by atoms with van der Waals surface area (Å²) in [4.78, 5) is 11.4. The first-order valence-corrected chi connectivity index (χ1v) is 6.39. The summed E-state index contributed by atoms with van der Waals surface area (Å²) in [5.41, 5.74) is 11.6. The highest BCUT2D eigenvalue weighted by Gasteiger charge is 2.19. The number of hydrogen-bond acceptors (Lipinski definition) is 2. The van der Waals surface area contributed by atoms with Gasteiger partial charge in [0, 0.05) is 5.69 Å². The summed E-state index contributed by atoms with van der Waals surface area (Å²) >= 11 is 0. The summed E-state index contributed by atoms with van der Waals surface area (Å²) in [5.74, 6) is 0.0524. The van der Waals surface area contributed by atoms with Gasteiger partial charge in [0.25, 0.3) is 0 Å². The van der Waals surface area contributed by atoms with Gasteiger partial charge in [0.1, 0.15) is 0 Å². The normalized spacial score (nSPS) is 14.9. The van der Waals surface area contributed by atoms with Crippen LogP contribution in [0.3, 0.4) is 0 Å². The number of rotatable bonds is 2. The zero-order valence-electron chi connectivity index (χ0n) is 10.8. The van der Waals surface area contributed by atoms with E-state index in [-0.39, 0.29) is 11.9 Å². The van der Waals surface area contributed by atoms with E-state index >= 15 is 0 Å². The van der Waals surface area contributed by atoms with Crippen LogP contribution in [0, 0.1) is 6.92 Å². The zero-order chi connectivity index (χ0) is 13.4. The Morgan fingerprint density at radius 3 is 2.79 bits per heavy atom. The van der Waals surface area contributed by atoms with Crippen molar-refractivity contribution in [2.24, 2.45) is 5.73 Å². The van der Waals surface area contributed by atoms with E-state index in [0.717, 1.165) is 22.4 Å². The predicted molar refractivity (Wildman–Crippen MR) is 76.0 cm³/mol. The van der Waals surface area contributed by atoms with Gasteiger partial charge in [-0.15, -0.1) is 0 Å². The number of amides is 1. The van der Waals surface area contributed by atoms with E-state index in [1.54, 1.807) is 0 Å². The van der Waals surface area contributed by atoms with Crippen molar-refractivity contribution in [1.29, 1.82) is 0 Å². The Balaban J connectivity index is 1.97. The molecular weight excluding hydrogens is 236 g/mol. The molecule has 3 N–H and O–H groups in total. The number of nitrogens with one attached hydrogen (secondary N) is 1. The number of fused-ring (bicyclic) bond motifs is 1. The Morgan fingerprint density at radius 2 is 2.00 bits per heavy atom. The van der Waals surface area contributed by atoms with Crippen molar-refractivity contribution in [3.05, 3.63) is 64.7 Å². The topological polar surface area (TPSA) is 55.1 Å². The van der Waals surface area contributed by atoms with Gasteiger partial charge in [-0.1, -0.05) is 36.4 Å². The molecule has 1 amide bonds. The van der Waals surface area contributed by atoms with Crippen molar-refractivity contribution >= 4 is 11.6 Å². The molecule has 0 aromatic heterocycles. The second-order valence-electron chi connectivity index (χ2n) is 4.98. The molecule has 3 nitrogen and oxygen atoms in total. The Kier molecular flexibility index (Phi) is 2.84. The molecule has 1 unspecified atom stereocenters. The molecule has 0 fully saturated rings. The average Bonchev–Trinajstić information content (AvgIpc) is 2.77. The second-order valence-corrected chi connectivity index (χ2v) is 4.98. The van der Waals surface area contributed by atoms with Crippen molar-refractivity contribution in [2.75, 3.05) is 5.32 Å². The van der Waals surface area contributed by atoms with Crippen molar-refractivity contribution in [2.45, 2.75) is 19.4 Å². The smallest absolute Gasteiger partial charge is 0.228 e. The van der Waals surface area contributed by atoms with Crippen LogP contribution in [0.2, 0.25) is 0 Å². The second kappa shape index (κ2) is 4.52. The van der Waals surface area contributed by atoms with E-state index in [2.05, 4.69) is 24.4 Å². The highest BCUT2D eigenvalue weighted by atomic mass is 16.1. The number of anilines is 1. The van der Waals surface area contributed by atoms with Crippen molar-refractivity contribution in [3.63, 3.8) is 0 Å². The molecule has 19 heavy (non-hydrogen) atoms. The predicted octanol–water partition coefficient (Wildman–Crippen LogP) is 2.54. The fourth-order valence-electron chi connectivity index (χ4n) is 2.56. The van der Waals surface area contributed by atoms with Crippen molar-refractivity contribution in [3.8, 4) is 0 Å². The molecule has 96 valence electrons. The average molecular weight is 252 g/mol. The van der Waals surface area contributed by atoms with E-state index in [9.17, 15) is 4.79 Å². The van der Waals surface area contributed by atoms with Crippen LogP contribution in [0.5, 0.6) is 0 Å². The fourth-order valence-corrected chi connectivity index (χ4v) is 2.56. The number of hydrogen-bond donors (Lipinski definition) is 2. The summed E-state index contributed by atoms with van der Waals surface area (Å²) in [5, 5.41) is 2.83. The van der Waals surface area contributed by atoms with E-state index in [1.165, 1.54) is 5.56 Å².